The molecule has 1 aliphatic rings. The number of benzene rings is 4. The zero-order valence-corrected chi connectivity index (χ0v) is 36.2. The summed E-state index contributed by atoms with van der Waals surface area (Å²) in [6.45, 7) is 21.8. The second kappa shape index (κ2) is 17.4. The molecule has 0 saturated heterocycles. The zero-order valence-electron chi connectivity index (χ0n) is 33.0. The molecular weight excluding hydrogens is 835 g/mol. The Morgan fingerprint density at radius 2 is 1.54 bits per heavy atom. The fourth-order valence-electron chi connectivity index (χ4n) is 7.86. The van der Waals surface area contributed by atoms with Crippen molar-refractivity contribution < 1.29 is 30.0 Å². The fraction of sp³-hybridized carbons (Fsp3) is 0.447. The number of aliphatic hydroxyl groups is 1. The molecule has 0 unspecified atom stereocenters. The van der Waals surface area contributed by atoms with Crippen LogP contribution in [0.25, 0.3) is 43.6 Å². The van der Waals surface area contributed by atoms with Gasteiger partial charge in [-0.15, -0.1) is 29.3 Å². The molecule has 0 aliphatic carbocycles. The minimum atomic E-state index is -0.207. The van der Waals surface area contributed by atoms with Crippen LogP contribution in [0.4, 0.5) is 0 Å². The molecule has 0 spiro atoms. The van der Waals surface area contributed by atoms with E-state index in [1.54, 1.807) is 0 Å². The van der Waals surface area contributed by atoms with E-state index in [2.05, 4.69) is 116 Å². The van der Waals surface area contributed by atoms with E-state index in [1.807, 2.05) is 31.8 Å². The summed E-state index contributed by atoms with van der Waals surface area (Å²) in [4.78, 5) is 19.6. The molecule has 4 aromatic carbocycles. The van der Waals surface area contributed by atoms with Gasteiger partial charge in [-0.3, -0.25) is 9.78 Å². The number of hydrogen-bond acceptors (Lipinski definition) is 4. The fourth-order valence-corrected chi connectivity index (χ4v) is 9.13. The van der Waals surface area contributed by atoms with Crippen molar-refractivity contribution in [3.63, 3.8) is 0 Å². The molecule has 0 bridgehead atoms. The van der Waals surface area contributed by atoms with Gasteiger partial charge in [-0.1, -0.05) is 122 Å². The normalized spacial score (nSPS) is 13.0. The van der Waals surface area contributed by atoms with Crippen molar-refractivity contribution in [3.8, 4) is 11.3 Å². The van der Waals surface area contributed by atoms with E-state index in [0.29, 0.717) is 5.92 Å². The van der Waals surface area contributed by atoms with E-state index in [4.69, 9.17) is 4.98 Å². The van der Waals surface area contributed by atoms with E-state index in [-0.39, 0.29) is 48.4 Å². The Labute approximate surface area is 330 Å². The molecule has 279 valence electrons. The largest absolute Gasteiger partial charge is 0.512 e. The summed E-state index contributed by atoms with van der Waals surface area (Å²) < 4.78 is 0. The summed E-state index contributed by atoms with van der Waals surface area (Å²) in [6, 6.07) is 23.9. The van der Waals surface area contributed by atoms with Crippen molar-refractivity contribution in [2.24, 2.45) is 22.7 Å². The molecule has 5 aromatic rings. The third-order valence-electron chi connectivity index (χ3n) is 11.0. The number of ketones is 1. The number of rotatable bonds is 11. The smallest absolute Gasteiger partial charge is 0.162 e. The third-order valence-corrected chi connectivity index (χ3v) is 12.2. The Kier molecular flexibility index (Phi) is 14.0. The first-order valence-corrected chi connectivity index (χ1v) is 20.1. The quantitative estimate of drug-likeness (QED) is 0.0609. The van der Waals surface area contributed by atoms with Gasteiger partial charge in [0, 0.05) is 54.3 Å². The topological polar surface area (TPSA) is 50.2 Å². The molecule has 1 aliphatic heterocycles. The first kappa shape index (κ1) is 41.8. The van der Waals surface area contributed by atoms with E-state index in [1.165, 1.54) is 64.9 Å². The molecule has 0 fully saturated rings. The summed E-state index contributed by atoms with van der Waals surface area (Å²) in [5.74, 6) is 0.991. The first-order chi connectivity index (χ1) is 24.3. The van der Waals surface area contributed by atoms with Crippen LogP contribution in [-0.4, -0.2) is 15.9 Å². The maximum Gasteiger partial charge on any atom is 0.162 e. The summed E-state index contributed by atoms with van der Waals surface area (Å²) in [5, 5.41) is 18.0. The Bertz CT molecular complexity index is 2060. The van der Waals surface area contributed by atoms with E-state index in [0.717, 1.165) is 50.6 Å². The van der Waals surface area contributed by atoms with Gasteiger partial charge >= 0.3 is 0 Å². The minimum Gasteiger partial charge on any atom is -0.512 e. The monoisotopic (exact) mass is 893 g/mol. The number of aromatic nitrogens is 1. The predicted octanol–water partition coefficient (Wildman–Crippen LogP) is 13.9. The van der Waals surface area contributed by atoms with Crippen LogP contribution in [0.5, 0.6) is 0 Å². The van der Waals surface area contributed by atoms with Crippen LogP contribution in [0.2, 0.25) is 0 Å². The molecule has 1 aromatic heterocycles. The Morgan fingerprint density at radius 3 is 2.15 bits per heavy atom. The Balaban J connectivity index is 0.000000289. The number of pyridine rings is 1. The van der Waals surface area contributed by atoms with Crippen LogP contribution in [-0.2, 0) is 37.7 Å². The molecule has 1 N–H and O–H groups in total. The molecule has 1 radical (unpaired) electrons. The molecular formula is C47H58IrNO2S-. The van der Waals surface area contributed by atoms with Crippen molar-refractivity contribution >= 4 is 49.9 Å². The van der Waals surface area contributed by atoms with Crippen LogP contribution in [0.15, 0.2) is 82.4 Å². The van der Waals surface area contributed by atoms with E-state index >= 15 is 0 Å². The van der Waals surface area contributed by atoms with Crippen molar-refractivity contribution in [1.29, 1.82) is 0 Å². The van der Waals surface area contributed by atoms with Crippen LogP contribution in [0, 0.1) is 28.7 Å². The van der Waals surface area contributed by atoms with Gasteiger partial charge in [0.2, 0.25) is 0 Å². The van der Waals surface area contributed by atoms with E-state index in [9.17, 15) is 9.90 Å². The van der Waals surface area contributed by atoms with Gasteiger partial charge in [0.25, 0.3) is 0 Å². The second-order valence-electron chi connectivity index (χ2n) is 16.0. The van der Waals surface area contributed by atoms with Gasteiger partial charge in [0.05, 0.1) is 0 Å². The van der Waals surface area contributed by atoms with Crippen molar-refractivity contribution in [3.05, 3.63) is 89.8 Å². The number of allylic oxidation sites excluding steroid dienone is 2. The number of carbonyl (C=O) groups is 1. The van der Waals surface area contributed by atoms with Crippen molar-refractivity contribution in [2.45, 2.75) is 124 Å². The molecule has 3 nitrogen and oxygen atoms in total. The van der Waals surface area contributed by atoms with Crippen LogP contribution < -0.4 is 0 Å². The Hall–Kier alpha value is -2.98. The predicted molar refractivity (Wildman–Crippen MR) is 220 cm³/mol. The summed E-state index contributed by atoms with van der Waals surface area (Å²) in [6.07, 6.45) is 9.89. The molecule has 52 heavy (non-hydrogen) atoms. The maximum absolute atomic E-state index is 12.0. The summed E-state index contributed by atoms with van der Waals surface area (Å²) in [5.41, 5.74) is 5.16. The number of fused-ring (bicyclic) bond motifs is 5. The van der Waals surface area contributed by atoms with E-state index < -0.39 is 0 Å². The molecule has 0 atom stereocenters. The van der Waals surface area contributed by atoms with Gasteiger partial charge in [-0.05, 0) is 100 Å². The van der Waals surface area contributed by atoms with Gasteiger partial charge in [-0.2, -0.15) is 0 Å². The van der Waals surface area contributed by atoms with Crippen molar-refractivity contribution in [2.75, 3.05) is 0 Å². The average molecular weight is 893 g/mol. The van der Waals surface area contributed by atoms with Crippen LogP contribution in [0.1, 0.15) is 112 Å². The number of nitrogens with zero attached hydrogens (tertiary/aromatic N) is 1. The molecule has 0 amide bonds. The number of aliphatic hydroxyl groups excluding tert-OH is 1. The number of hydrogen-bond donors (Lipinski definition) is 1. The second-order valence-corrected chi connectivity index (χ2v) is 17.1. The molecule has 2 heterocycles. The third kappa shape index (κ3) is 8.53. The van der Waals surface area contributed by atoms with Gasteiger partial charge in [-0.25, -0.2) is 0 Å². The molecule has 6 rings (SSSR count). The zero-order chi connectivity index (χ0) is 37.1. The average Bonchev–Trinajstić information content (AvgIpc) is 3.10. The van der Waals surface area contributed by atoms with Crippen molar-refractivity contribution in [1.82, 2.24) is 4.98 Å². The van der Waals surface area contributed by atoms with Gasteiger partial charge in [0.1, 0.15) is 5.76 Å². The summed E-state index contributed by atoms with van der Waals surface area (Å²) in [7, 11) is 0. The van der Waals surface area contributed by atoms with Crippen LogP contribution in [0.3, 0.4) is 0 Å². The number of carbonyl (C=O) groups excluding carboxylic acids is 1. The molecule has 0 saturated carbocycles. The molecule has 5 heteroatoms. The van der Waals surface area contributed by atoms with Gasteiger partial charge in [0.15, 0.2) is 5.78 Å². The summed E-state index contributed by atoms with van der Waals surface area (Å²) >= 11 is 1.93. The standard InChI is InChI=1S/C32H30NS.C15H28O2.Ir/c1-19(2)15-26-22-11-7-6-9-20(22)16-27-30-29-24(13-14-33-30)23-12-8-10-21(18-32(3,4)5)25(23)17-28(29)34-31(26)27;1-6-12(7-2)13(16)11-14(17)15(8-3,9-4)10-5;/h6-14,17,19H,15,18H2,1-5H3;11-12,17H,6-10H2,1-5H3;/q-1;;/b;14-11-;. The van der Waals surface area contributed by atoms with Gasteiger partial charge < -0.3 is 5.11 Å². The Morgan fingerprint density at radius 1 is 0.885 bits per heavy atom. The maximum atomic E-state index is 12.0. The SMILES string of the molecule is CC(C)Cc1c2c([c-]c3ccccc13)-c1nccc3c1c(cc1c(CC(C)(C)C)cccc13)S2.CCC(CC)C(=O)/C=C(\O)C(CC)(CC)CC.[Ir]. The van der Waals surface area contributed by atoms with Crippen LogP contribution >= 0.6 is 11.8 Å². The minimum absolute atomic E-state index is 0. The first-order valence-electron chi connectivity index (χ1n) is 19.2.